The average Bonchev–Trinajstić information content (AvgIpc) is 3.26. The van der Waals surface area contributed by atoms with Crippen LogP contribution in [0.15, 0.2) is 36.4 Å². The maximum Gasteiger partial charge on any atom is 0.238 e. The third-order valence-electron chi connectivity index (χ3n) is 5.76. The lowest BCUT2D eigenvalue weighted by atomic mass is 9.63. The molecule has 2 saturated carbocycles. The molecule has 0 spiro atoms. The van der Waals surface area contributed by atoms with Crippen molar-refractivity contribution >= 4 is 17.5 Å². The van der Waals surface area contributed by atoms with Gasteiger partial charge in [-0.3, -0.25) is 9.59 Å². The lowest BCUT2D eigenvalue weighted by Gasteiger charge is -2.37. The Kier molecular flexibility index (Phi) is 2.01. The third-order valence-corrected chi connectivity index (χ3v) is 5.76. The van der Waals surface area contributed by atoms with Gasteiger partial charge in [0.25, 0.3) is 0 Å². The minimum atomic E-state index is -0.511. The minimum absolute atomic E-state index is 0.106. The number of rotatable bonds is 1. The molecule has 4 heteroatoms. The van der Waals surface area contributed by atoms with Crippen LogP contribution in [-0.2, 0) is 9.59 Å². The Morgan fingerprint density at radius 1 is 0.952 bits per heavy atom. The highest BCUT2D eigenvalue weighted by Crippen LogP contribution is 2.65. The van der Waals surface area contributed by atoms with Crippen LogP contribution >= 0.6 is 0 Å². The fraction of sp³-hybridized carbons (Fsp3) is 0.412. The van der Waals surface area contributed by atoms with Crippen LogP contribution in [0.2, 0.25) is 0 Å². The second kappa shape index (κ2) is 3.62. The molecule has 6 atom stereocenters. The van der Waals surface area contributed by atoms with Crippen molar-refractivity contribution in [3.8, 4) is 0 Å². The fourth-order valence-corrected chi connectivity index (χ4v) is 4.83. The van der Waals surface area contributed by atoms with Crippen molar-refractivity contribution in [1.82, 2.24) is 0 Å². The zero-order chi connectivity index (χ0) is 14.3. The fourth-order valence-electron chi connectivity index (χ4n) is 4.83. The number of imide groups is 1. The molecular formula is C17H14FNO2. The summed E-state index contributed by atoms with van der Waals surface area (Å²) in [6, 6.07) is 6.03. The summed E-state index contributed by atoms with van der Waals surface area (Å²) in [5.41, 5.74) is 0.106. The van der Waals surface area contributed by atoms with Crippen LogP contribution in [0.5, 0.6) is 0 Å². The quantitative estimate of drug-likeness (QED) is 0.586. The van der Waals surface area contributed by atoms with E-state index in [0.717, 1.165) is 11.3 Å². The summed E-state index contributed by atoms with van der Waals surface area (Å²) in [4.78, 5) is 26.6. The molecule has 3 fully saturated rings. The van der Waals surface area contributed by atoms with Crippen molar-refractivity contribution in [2.45, 2.75) is 6.42 Å². The molecule has 1 aromatic rings. The van der Waals surface area contributed by atoms with E-state index in [9.17, 15) is 14.0 Å². The first-order chi connectivity index (χ1) is 10.2. The van der Waals surface area contributed by atoms with Gasteiger partial charge in [0.1, 0.15) is 5.82 Å². The molecule has 2 bridgehead atoms. The number of amides is 2. The number of nitrogens with zero attached hydrogens (tertiary/aromatic N) is 1. The predicted molar refractivity (Wildman–Crippen MR) is 73.6 cm³/mol. The Hall–Kier alpha value is -1.97. The highest BCUT2D eigenvalue weighted by molar-refractivity contribution is 6.22. The molecule has 4 aliphatic carbocycles. The van der Waals surface area contributed by atoms with Gasteiger partial charge in [0, 0.05) is 0 Å². The van der Waals surface area contributed by atoms with E-state index in [4.69, 9.17) is 0 Å². The van der Waals surface area contributed by atoms with Crippen LogP contribution in [0.3, 0.4) is 0 Å². The summed E-state index contributed by atoms with van der Waals surface area (Å²) in [6.45, 7) is 0. The second-order valence-electron chi connectivity index (χ2n) is 6.62. The number of benzene rings is 1. The van der Waals surface area contributed by atoms with E-state index >= 15 is 0 Å². The number of para-hydroxylation sites is 1. The molecule has 5 aliphatic rings. The van der Waals surface area contributed by atoms with Crippen molar-refractivity contribution in [2.24, 2.45) is 35.5 Å². The predicted octanol–water partition coefficient (Wildman–Crippen LogP) is 2.38. The number of carbonyl (C=O) groups excluding carboxylic acids is 2. The normalized spacial score (nSPS) is 42.2. The lowest BCUT2D eigenvalue weighted by Crippen LogP contribution is -2.40. The number of hydrogen-bond donors (Lipinski definition) is 0. The smallest absolute Gasteiger partial charge is 0.238 e. The molecule has 1 heterocycles. The molecule has 3 nitrogen and oxygen atoms in total. The molecule has 0 aromatic heterocycles. The molecule has 1 aliphatic heterocycles. The summed E-state index contributed by atoms with van der Waals surface area (Å²) in [5.74, 6) is 0.0308. The number of halogens is 1. The molecule has 1 aromatic carbocycles. The second-order valence-corrected chi connectivity index (χ2v) is 6.62. The van der Waals surface area contributed by atoms with Gasteiger partial charge in [-0.15, -0.1) is 0 Å². The largest absolute Gasteiger partial charge is 0.274 e. The Morgan fingerprint density at radius 3 is 2.10 bits per heavy atom. The minimum Gasteiger partial charge on any atom is -0.274 e. The van der Waals surface area contributed by atoms with Crippen LogP contribution in [-0.4, -0.2) is 11.8 Å². The summed E-state index contributed by atoms with van der Waals surface area (Å²) in [5, 5.41) is 0. The first kappa shape index (κ1) is 11.7. The Morgan fingerprint density at radius 2 is 1.52 bits per heavy atom. The number of carbonyl (C=O) groups is 2. The maximum absolute atomic E-state index is 14.0. The van der Waals surface area contributed by atoms with Crippen molar-refractivity contribution in [3.63, 3.8) is 0 Å². The van der Waals surface area contributed by atoms with E-state index in [-0.39, 0.29) is 41.2 Å². The SMILES string of the molecule is O=C1[C@@H]2[C@@H]3C=C[C@H]([C@H]4C[C@H]34)[C@@H]2C(=O)N1c1ccccc1F. The van der Waals surface area contributed by atoms with Crippen molar-refractivity contribution in [3.05, 3.63) is 42.2 Å². The van der Waals surface area contributed by atoms with Gasteiger partial charge >= 0.3 is 0 Å². The molecular weight excluding hydrogens is 269 g/mol. The van der Waals surface area contributed by atoms with Gasteiger partial charge in [0.05, 0.1) is 17.5 Å². The molecule has 2 amide bonds. The number of anilines is 1. The van der Waals surface area contributed by atoms with Gasteiger partial charge in [0.2, 0.25) is 11.8 Å². The molecule has 0 radical (unpaired) electrons. The topological polar surface area (TPSA) is 37.4 Å². The first-order valence-corrected chi connectivity index (χ1v) is 7.49. The first-order valence-electron chi connectivity index (χ1n) is 7.49. The van der Waals surface area contributed by atoms with Crippen LogP contribution in [0.1, 0.15) is 6.42 Å². The summed E-state index contributed by atoms with van der Waals surface area (Å²) in [7, 11) is 0. The molecule has 21 heavy (non-hydrogen) atoms. The maximum atomic E-state index is 14.0. The van der Waals surface area contributed by atoms with Crippen molar-refractivity contribution in [1.29, 1.82) is 0 Å². The van der Waals surface area contributed by atoms with Crippen LogP contribution in [0.4, 0.5) is 10.1 Å². The van der Waals surface area contributed by atoms with Gasteiger partial charge in [0.15, 0.2) is 0 Å². The van der Waals surface area contributed by atoms with E-state index in [2.05, 4.69) is 12.2 Å². The zero-order valence-corrected chi connectivity index (χ0v) is 11.3. The average molecular weight is 283 g/mol. The standard InChI is InChI=1S/C17H14FNO2/c18-12-3-1-2-4-13(12)19-16(20)14-8-5-6-9(11-7-10(8)11)15(14)17(19)21/h1-6,8-11,14-15H,7H2/t8-,9-,10-,11-,14-,15+/m1/s1. The molecule has 1 saturated heterocycles. The number of allylic oxidation sites excluding steroid dienone is 2. The molecule has 0 N–H and O–H groups in total. The van der Waals surface area contributed by atoms with E-state index < -0.39 is 5.82 Å². The van der Waals surface area contributed by atoms with Gasteiger partial charge < -0.3 is 0 Å². The van der Waals surface area contributed by atoms with Crippen LogP contribution < -0.4 is 4.90 Å². The van der Waals surface area contributed by atoms with E-state index in [1.54, 1.807) is 12.1 Å². The van der Waals surface area contributed by atoms with Gasteiger partial charge in [-0.25, -0.2) is 9.29 Å². The van der Waals surface area contributed by atoms with E-state index in [1.807, 2.05) is 0 Å². The highest BCUT2D eigenvalue weighted by Gasteiger charge is 2.67. The lowest BCUT2D eigenvalue weighted by molar-refractivity contribution is -0.124. The zero-order valence-electron chi connectivity index (χ0n) is 11.3. The Bertz CT molecular complexity index is 676. The van der Waals surface area contributed by atoms with Crippen LogP contribution in [0.25, 0.3) is 0 Å². The highest BCUT2D eigenvalue weighted by atomic mass is 19.1. The third kappa shape index (κ3) is 1.29. The Labute approximate surface area is 121 Å². The molecule has 0 unspecified atom stereocenters. The van der Waals surface area contributed by atoms with E-state index in [0.29, 0.717) is 11.8 Å². The van der Waals surface area contributed by atoms with Crippen LogP contribution in [0, 0.1) is 41.3 Å². The van der Waals surface area contributed by atoms with Crippen molar-refractivity contribution in [2.75, 3.05) is 4.90 Å². The summed E-state index contributed by atoms with van der Waals surface area (Å²) in [6.07, 6.45) is 5.38. The van der Waals surface area contributed by atoms with Gasteiger partial charge in [-0.1, -0.05) is 24.3 Å². The number of hydrogen-bond acceptors (Lipinski definition) is 2. The van der Waals surface area contributed by atoms with Gasteiger partial charge in [-0.05, 0) is 42.2 Å². The van der Waals surface area contributed by atoms with Crippen molar-refractivity contribution < 1.29 is 14.0 Å². The van der Waals surface area contributed by atoms with E-state index in [1.165, 1.54) is 12.1 Å². The van der Waals surface area contributed by atoms with Gasteiger partial charge in [-0.2, -0.15) is 0 Å². The molecule has 106 valence electrons. The Balaban J connectivity index is 1.62. The summed E-state index contributed by atoms with van der Waals surface area (Å²) < 4.78 is 14.0. The molecule has 6 rings (SSSR count). The monoisotopic (exact) mass is 283 g/mol. The summed E-state index contributed by atoms with van der Waals surface area (Å²) >= 11 is 0.